The van der Waals surface area contributed by atoms with Gasteiger partial charge in [-0.1, -0.05) is 21.9 Å². The van der Waals surface area contributed by atoms with Gasteiger partial charge in [0.2, 0.25) is 0 Å². The molecule has 2 aromatic heterocycles. The molecular weight excluding hydrogens is 370 g/mol. The number of fused-ring (bicyclic) bond motifs is 1. The van der Waals surface area contributed by atoms with E-state index in [9.17, 15) is 4.79 Å². The van der Waals surface area contributed by atoms with Crippen LogP contribution in [0, 0.1) is 13.8 Å². The van der Waals surface area contributed by atoms with Crippen LogP contribution in [0.1, 0.15) is 20.9 Å². The van der Waals surface area contributed by atoms with Crippen molar-refractivity contribution in [1.29, 1.82) is 0 Å². The largest absolute Gasteiger partial charge is 0.494 e. The molecule has 3 heterocycles. The SMILES string of the molecule is COc1ccc(C)c2sc(N3CCN(C(=O)c4snnc4C)CC3)nc12. The van der Waals surface area contributed by atoms with Crippen LogP contribution in [0.4, 0.5) is 5.13 Å². The van der Waals surface area contributed by atoms with Gasteiger partial charge in [-0.15, -0.1) is 5.10 Å². The van der Waals surface area contributed by atoms with E-state index in [0.717, 1.165) is 34.2 Å². The van der Waals surface area contributed by atoms with E-state index >= 15 is 0 Å². The Bertz CT molecular complexity index is 959. The van der Waals surface area contributed by atoms with Gasteiger partial charge in [0.1, 0.15) is 16.1 Å². The molecule has 0 atom stereocenters. The fourth-order valence-electron chi connectivity index (χ4n) is 3.07. The van der Waals surface area contributed by atoms with Gasteiger partial charge in [-0.05, 0) is 37.0 Å². The van der Waals surface area contributed by atoms with E-state index in [1.165, 1.54) is 17.1 Å². The van der Waals surface area contributed by atoms with Crippen molar-refractivity contribution in [2.75, 3.05) is 38.2 Å². The molecule has 0 bridgehead atoms. The molecule has 1 aliphatic heterocycles. The van der Waals surface area contributed by atoms with Crippen LogP contribution >= 0.6 is 22.9 Å². The number of aryl methyl sites for hydroxylation is 2. The van der Waals surface area contributed by atoms with E-state index in [0.29, 0.717) is 23.7 Å². The lowest BCUT2D eigenvalue weighted by atomic mass is 10.2. The van der Waals surface area contributed by atoms with Crippen molar-refractivity contribution in [3.63, 3.8) is 0 Å². The predicted octanol–water partition coefficient (Wildman–Crippen LogP) is 2.74. The first-order valence-electron chi connectivity index (χ1n) is 8.36. The van der Waals surface area contributed by atoms with Crippen molar-refractivity contribution in [2.24, 2.45) is 0 Å². The number of hydrogen-bond acceptors (Lipinski definition) is 8. The van der Waals surface area contributed by atoms with Gasteiger partial charge in [0, 0.05) is 26.2 Å². The quantitative estimate of drug-likeness (QED) is 0.686. The number of carbonyl (C=O) groups is 1. The van der Waals surface area contributed by atoms with Gasteiger partial charge in [0.05, 0.1) is 17.5 Å². The highest BCUT2D eigenvalue weighted by molar-refractivity contribution is 7.22. The molecule has 1 fully saturated rings. The number of hydrogen-bond donors (Lipinski definition) is 0. The van der Waals surface area contributed by atoms with Gasteiger partial charge in [-0.3, -0.25) is 4.79 Å². The second kappa shape index (κ2) is 6.81. The van der Waals surface area contributed by atoms with E-state index in [2.05, 4.69) is 27.5 Å². The minimum absolute atomic E-state index is 0.0268. The van der Waals surface area contributed by atoms with E-state index < -0.39 is 0 Å². The zero-order valence-corrected chi connectivity index (χ0v) is 16.5. The Hall–Kier alpha value is -2.26. The minimum atomic E-state index is 0.0268. The third-order valence-electron chi connectivity index (χ3n) is 4.60. The molecule has 136 valence electrons. The number of aromatic nitrogens is 3. The zero-order chi connectivity index (χ0) is 18.3. The minimum Gasteiger partial charge on any atom is -0.494 e. The molecule has 0 N–H and O–H groups in total. The zero-order valence-electron chi connectivity index (χ0n) is 14.9. The summed E-state index contributed by atoms with van der Waals surface area (Å²) in [5.41, 5.74) is 2.82. The van der Waals surface area contributed by atoms with Gasteiger partial charge in [0.15, 0.2) is 5.13 Å². The van der Waals surface area contributed by atoms with Crippen LogP contribution in [0.3, 0.4) is 0 Å². The van der Waals surface area contributed by atoms with Crippen LogP contribution in [-0.4, -0.2) is 58.7 Å². The fraction of sp³-hybridized carbons (Fsp3) is 0.412. The van der Waals surface area contributed by atoms with Crippen LogP contribution in [0.2, 0.25) is 0 Å². The number of rotatable bonds is 3. The topological polar surface area (TPSA) is 71.5 Å². The number of methoxy groups -OCH3 is 1. The first-order valence-corrected chi connectivity index (χ1v) is 9.94. The van der Waals surface area contributed by atoms with Gasteiger partial charge < -0.3 is 14.5 Å². The highest BCUT2D eigenvalue weighted by Crippen LogP contribution is 2.36. The van der Waals surface area contributed by atoms with E-state index in [1.807, 2.05) is 17.9 Å². The number of thiazole rings is 1. The Kier molecular flexibility index (Phi) is 4.49. The molecule has 3 aromatic rings. The highest BCUT2D eigenvalue weighted by Gasteiger charge is 2.26. The number of amides is 1. The second-order valence-corrected chi connectivity index (χ2v) is 7.96. The van der Waals surface area contributed by atoms with Crippen molar-refractivity contribution in [3.05, 3.63) is 28.3 Å². The summed E-state index contributed by atoms with van der Waals surface area (Å²) in [4.78, 5) is 22.2. The number of benzene rings is 1. The molecule has 9 heteroatoms. The summed E-state index contributed by atoms with van der Waals surface area (Å²) in [6, 6.07) is 4.02. The number of carbonyl (C=O) groups excluding carboxylic acids is 1. The Labute approximate surface area is 159 Å². The number of nitrogens with zero attached hydrogens (tertiary/aromatic N) is 5. The fourth-order valence-corrected chi connectivity index (χ4v) is 4.80. The maximum absolute atomic E-state index is 12.6. The van der Waals surface area contributed by atoms with Crippen LogP contribution in [-0.2, 0) is 0 Å². The molecule has 1 aromatic carbocycles. The standard InChI is InChI=1S/C17H19N5O2S2/c1-10-4-5-12(24-3)13-14(10)25-17(18-13)22-8-6-21(7-9-22)16(23)15-11(2)19-20-26-15/h4-5H,6-9H2,1-3H3. The summed E-state index contributed by atoms with van der Waals surface area (Å²) in [5, 5.41) is 4.92. The molecule has 0 saturated carbocycles. The van der Waals surface area contributed by atoms with Crippen molar-refractivity contribution in [3.8, 4) is 5.75 Å². The lowest BCUT2D eigenvalue weighted by molar-refractivity contribution is 0.0750. The summed E-state index contributed by atoms with van der Waals surface area (Å²) in [7, 11) is 1.67. The first kappa shape index (κ1) is 17.2. The molecule has 0 aliphatic carbocycles. The third kappa shape index (κ3) is 2.90. The van der Waals surface area contributed by atoms with Gasteiger partial charge in [-0.2, -0.15) is 0 Å². The predicted molar refractivity (Wildman–Crippen MR) is 104 cm³/mol. The van der Waals surface area contributed by atoms with Gasteiger partial charge in [-0.25, -0.2) is 4.98 Å². The Balaban J connectivity index is 1.52. The summed E-state index contributed by atoms with van der Waals surface area (Å²) >= 11 is 2.85. The molecule has 4 rings (SSSR count). The first-order chi connectivity index (χ1) is 12.6. The normalized spacial score (nSPS) is 14.9. The maximum atomic E-state index is 12.6. The summed E-state index contributed by atoms with van der Waals surface area (Å²) < 4.78 is 10.5. The van der Waals surface area contributed by atoms with E-state index in [4.69, 9.17) is 9.72 Å². The average molecular weight is 390 g/mol. The average Bonchev–Trinajstić information content (AvgIpc) is 3.29. The lowest BCUT2D eigenvalue weighted by Gasteiger charge is -2.34. The number of anilines is 1. The Morgan fingerprint density at radius 2 is 1.96 bits per heavy atom. The van der Waals surface area contributed by atoms with Crippen molar-refractivity contribution < 1.29 is 9.53 Å². The molecule has 0 radical (unpaired) electrons. The smallest absolute Gasteiger partial charge is 0.267 e. The molecule has 7 nitrogen and oxygen atoms in total. The van der Waals surface area contributed by atoms with E-state index in [-0.39, 0.29) is 5.91 Å². The number of ether oxygens (including phenoxy) is 1. The lowest BCUT2D eigenvalue weighted by Crippen LogP contribution is -2.48. The summed E-state index contributed by atoms with van der Waals surface area (Å²) in [6.07, 6.45) is 0. The van der Waals surface area contributed by atoms with Gasteiger partial charge >= 0.3 is 0 Å². The van der Waals surface area contributed by atoms with E-state index in [1.54, 1.807) is 18.4 Å². The molecule has 1 aliphatic rings. The van der Waals surface area contributed by atoms with Crippen LogP contribution in [0.25, 0.3) is 10.2 Å². The van der Waals surface area contributed by atoms with Crippen LogP contribution < -0.4 is 9.64 Å². The molecule has 0 spiro atoms. The van der Waals surface area contributed by atoms with Crippen molar-refractivity contribution in [2.45, 2.75) is 13.8 Å². The Morgan fingerprint density at radius 3 is 2.62 bits per heavy atom. The Morgan fingerprint density at radius 1 is 1.19 bits per heavy atom. The maximum Gasteiger partial charge on any atom is 0.267 e. The van der Waals surface area contributed by atoms with Gasteiger partial charge in [0.25, 0.3) is 5.91 Å². The molecular formula is C17H19N5O2S2. The van der Waals surface area contributed by atoms with Crippen LogP contribution in [0.5, 0.6) is 5.75 Å². The third-order valence-corrected chi connectivity index (χ3v) is 6.66. The summed E-state index contributed by atoms with van der Waals surface area (Å²) in [5.74, 6) is 0.828. The molecule has 0 unspecified atom stereocenters. The van der Waals surface area contributed by atoms with Crippen LogP contribution in [0.15, 0.2) is 12.1 Å². The van der Waals surface area contributed by atoms with Crippen molar-refractivity contribution >= 4 is 44.1 Å². The molecule has 1 saturated heterocycles. The second-order valence-electron chi connectivity index (χ2n) is 6.23. The highest BCUT2D eigenvalue weighted by atomic mass is 32.1. The molecule has 26 heavy (non-hydrogen) atoms. The van der Waals surface area contributed by atoms with Crippen molar-refractivity contribution in [1.82, 2.24) is 19.5 Å². The molecule has 1 amide bonds. The summed E-state index contributed by atoms with van der Waals surface area (Å²) in [6.45, 7) is 6.77. The number of piperazine rings is 1. The monoisotopic (exact) mass is 389 g/mol.